The highest BCUT2D eigenvalue weighted by atomic mass is 19.1. The Bertz CT molecular complexity index is 834. The van der Waals surface area contributed by atoms with Crippen LogP contribution in [0.1, 0.15) is 89.3 Å². The van der Waals surface area contributed by atoms with Gasteiger partial charge < -0.3 is 9.47 Å². The molecule has 29 heavy (non-hydrogen) atoms. The lowest BCUT2D eigenvalue weighted by Gasteiger charge is -2.34. The molecule has 0 unspecified atom stereocenters. The maximum atomic E-state index is 13.8. The van der Waals surface area contributed by atoms with Crippen molar-refractivity contribution in [1.82, 2.24) is 14.5 Å². The third-order valence-electron chi connectivity index (χ3n) is 6.94. The highest BCUT2D eigenvalue weighted by molar-refractivity contribution is 5.78. The van der Waals surface area contributed by atoms with E-state index in [-0.39, 0.29) is 11.7 Å². The van der Waals surface area contributed by atoms with Gasteiger partial charge in [0.15, 0.2) is 0 Å². The minimum atomic E-state index is -0.247. The van der Waals surface area contributed by atoms with Crippen molar-refractivity contribution in [1.29, 1.82) is 0 Å². The number of nitrogens with zero attached hydrogens (tertiary/aromatic N) is 3. The number of imidazole rings is 1. The minimum absolute atomic E-state index is 0.247. The van der Waals surface area contributed by atoms with Gasteiger partial charge in [-0.1, -0.05) is 38.5 Å². The van der Waals surface area contributed by atoms with Gasteiger partial charge in [-0.3, -0.25) is 4.79 Å². The Hall–Kier alpha value is -1.91. The zero-order valence-electron chi connectivity index (χ0n) is 17.7. The fourth-order valence-electron chi connectivity index (χ4n) is 5.41. The average Bonchev–Trinajstić information content (AvgIpc) is 3.11. The van der Waals surface area contributed by atoms with Crippen LogP contribution in [-0.2, 0) is 11.3 Å². The summed E-state index contributed by atoms with van der Waals surface area (Å²) in [5, 5.41) is 0. The Morgan fingerprint density at radius 3 is 2.48 bits per heavy atom. The fourth-order valence-corrected chi connectivity index (χ4v) is 5.41. The molecule has 0 spiro atoms. The molecule has 158 valence electrons. The summed E-state index contributed by atoms with van der Waals surface area (Å²) in [7, 11) is 0. The summed E-state index contributed by atoms with van der Waals surface area (Å²) in [4.78, 5) is 20.0. The van der Waals surface area contributed by atoms with Crippen molar-refractivity contribution < 1.29 is 9.18 Å². The van der Waals surface area contributed by atoms with Gasteiger partial charge in [-0.25, -0.2) is 9.37 Å². The van der Waals surface area contributed by atoms with Gasteiger partial charge in [0.2, 0.25) is 5.91 Å². The van der Waals surface area contributed by atoms with Crippen molar-refractivity contribution in [3.8, 4) is 0 Å². The predicted octanol–water partition coefficient (Wildman–Crippen LogP) is 5.79. The zero-order valence-corrected chi connectivity index (χ0v) is 17.7. The van der Waals surface area contributed by atoms with Crippen LogP contribution in [-0.4, -0.2) is 32.9 Å². The lowest BCUT2D eigenvalue weighted by Crippen LogP contribution is -2.41. The van der Waals surface area contributed by atoms with Gasteiger partial charge in [0.05, 0.1) is 11.0 Å². The van der Waals surface area contributed by atoms with Gasteiger partial charge >= 0.3 is 0 Å². The van der Waals surface area contributed by atoms with Crippen molar-refractivity contribution in [3.05, 3.63) is 29.8 Å². The lowest BCUT2D eigenvalue weighted by molar-refractivity contribution is -0.134. The van der Waals surface area contributed by atoms with Gasteiger partial charge in [0, 0.05) is 37.5 Å². The first-order chi connectivity index (χ1) is 14.2. The molecule has 0 atom stereocenters. The molecule has 0 N–H and O–H groups in total. The van der Waals surface area contributed by atoms with E-state index in [0.717, 1.165) is 49.1 Å². The Balaban J connectivity index is 1.55. The van der Waals surface area contributed by atoms with Crippen LogP contribution in [0.5, 0.6) is 0 Å². The van der Waals surface area contributed by atoms with E-state index >= 15 is 0 Å². The normalized spacial score (nSPS) is 19.0. The van der Waals surface area contributed by atoms with Crippen LogP contribution in [0.4, 0.5) is 4.39 Å². The highest BCUT2D eigenvalue weighted by Gasteiger charge is 2.26. The number of fused-ring (bicyclic) bond motifs is 1. The number of rotatable bonds is 6. The monoisotopic (exact) mass is 399 g/mol. The second kappa shape index (κ2) is 9.27. The Morgan fingerprint density at radius 1 is 1.10 bits per heavy atom. The standard InChI is InChI=1S/C24H34FN3O/c1-2-27(20-11-7-4-8-12-20)23(29)15-16-28-22-14-13-19(25)17-21(22)26-24(28)18-9-5-3-6-10-18/h13-14,17-18,20H,2-12,15-16H2,1H3. The number of aromatic nitrogens is 2. The molecule has 2 aliphatic rings. The number of carbonyl (C=O) groups is 1. The van der Waals surface area contributed by atoms with Gasteiger partial charge in [-0.15, -0.1) is 0 Å². The zero-order chi connectivity index (χ0) is 20.2. The van der Waals surface area contributed by atoms with Crippen LogP contribution in [0.2, 0.25) is 0 Å². The molecule has 1 heterocycles. The summed E-state index contributed by atoms with van der Waals surface area (Å²) in [6, 6.07) is 5.27. The maximum absolute atomic E-state index is 13.8. The van der Waals surface area contributed by atoms with Crippen molar-refractivity contribution >= 4 is 16.9 Å². The van der Waals surface area contributed by atoms with E-state index in [1.165, 1.54) is 50.7 Å². The number of carbonyl (C=O) groups excluding carboxylic acids is 1. The summed E-state index contributed by atoms with van der Waals surface area (Å²) in [5.74, 6) is 1.48. The Morgan fingerprint density at radius 2 is 1.79 bits per heavy atom. The molecule has 2 fully saturated rings. The lowest BCUT2D eigenvalue weighted by atomic mass is 9.88. The first kappa shape index (κ1) is 20.4. The number of aryl methyl sites for hydroxylation is 1. The molecule has 2 aliphatic carbocycles. The summed E-state index contributed by atoms with van der Waals surface area (Å²) in [5.41, 5.74) is 1.68. The third-order valence-corrected chi connectivity index (χ3v) is 6.94. The van der Waals surface area contributed by atoms with Crippen molar-refractivity contribution in [3.63, 3.8) is 0 Å². The molecular formula is C24H34FN3O. The van der Waals surface area contributed by atoms with E-state index in [4.69, 9.17) is 4.98 Å². The quantitative estimate of drug-likeness (QED) is 0.616. The van der Waals surface area contributed by atoms with Crippen molar-refractivity contribution in [2.75, 3.05) is 6.54 Å². The molecule has 0 radical (unpaired) electrons. The molecule has 4 nitrogen and oxygen atoms in total. The molecule has 0 aliphatic heterocycles. The molecule has 0 saturated heterocycles. The first-order valence-electron chi connectivity index (χ1n) is 11.6. The molecule has 1 aromatic heterocycles. The van der Waals surface area contributed by atoms with Gasteiger partial charge in [-0.05, 0) is 44.7 Å². The largest absolute Gasteiger partial charge is 0.340 e. The van der Waals surface area contributed by atoms with Gasteiger partial charge in [-0.2, -0.15) is 0 Å². The van der Waals surface area contributed by atoms with Crippen LogP contribution in [0.15, 0.2) is 18.2 Å². The molecule has 1 amide bonds. The molecule has 4 rings (SSSR count). The molecule has 0 bridgehead atoms. The predicted molar refractivity (Wildman–Crippen MR) is 114 cm³/mol. The van der Waals surface area contributed by atoms with Crippen molar-refractivity contribution in [2.24, 2.45) is 0 Å². The van der Waals surface area contributed by atoms with Crippen LogP contribution >= 0.6 is 0 Å². The second-order valence-electron chi connectivity index (χ2n) is 8.81. The summed E-state index contributed by atoms with van der Waals surface area (Å²) < 4.78 is 16.0. The maximum Gasteiger partial charge on any atom is 0.224 e. The second-order valence-corrected chi connectivity index (χ2v) is 8.81. The molecule has 2 saturated carbocycles. The number of hydrogen-bond acceptors (Lipinski definition) is 2. The summed E-state index contributed by atoms with van der Waals surface area (Å²) in [6.07, 6.45) is 12.6. The number of halogens is 1. The van der Waals surface area contributed by atoms with E-state index in [0.29, 0.717) is 24.9 Å². The van der Waals surface area contributed by atoms with Crippen LogP contribution in [0.3, 0.4) is 0 Å². The van der Waals surface area contributed by atoms with Crippen LogP contribution < -0.4 is 0 Å². The topological polar surface area (TPSA) is 38.1 Å². The SMILES string of the molecule is CCN(C(=O)CCn1c(C2CCCCC2)nc2cc(F)ccc21)C1CCCCC1. The van der Waals surface area contributed by atoms with Crippen LogP contribution in [0.25, 0.3) is 11.0 Å². The molecular weight excluding hydrogens is 365 g/mol. The molecule has 5 heteroatoms. The van der Waals surface area contributed by atoms with E-state index in [2.05, 4.69) is 16.4 Å². The smallest absolute Gasteiger partial charge is 0.224 e. The van der Waals surface area contributed by atoms with E-state index in [9.17, 15) is 9.18 Å². The van der Waals surface area contributed by atoms with Gasteiger partial charge in [0.25, 0.3) is 0 Å². The Labute approximate surface area is 173 Å². The third kappa shape index (κ3) is 4.49. The van der Waals surface area contributed by atoms with Gasteiger partial charge in [0.1, 0.15) is 11.6 Å². The van der Waals surface area contributed by atoms with E-state index in [1.54, 1.807) is 0 Å². The molecule has 2 aromatic rings. The summed E-state index contributed by atoms with van der Waals surface area (Å²) in [6.45, 7) is 3.51. The van der Waals surface area contributed by atoms with Crippen LogP contribution in [0, 0.1) is 5.82 Å². The Kier molecular flexibility index (Phi) is 6.51. The number of hydrogen-bond donors (Lipinski definition) is 0. The number of benzene rings is 1. The number of amides is 1. The average molecular weight is 400 g/mol. The highest BCUT2D eigenvalue weighted by Crippen LogP contribution is 2.34. The molecule has 1 aromatic carbocycles. The summed E-state index contributed by atoms with van der Waals surface area (Å²) >= 11 is 0. The van der Waals surface area contributed by atoms with Crippen molar-refractivity contribution in [2.45, 2.75) is 96.1 Å². The first-order valence-corrected chi connectivity index (χ1v) is 11.6. The fraction of sp³-hybridized carbons (Fsp3) is 0.667. The minimum Gasteiger partial charge on any atom is -0.340 e. The van der Waals surface area contributed by atoms with E-state index < -0.39 is 0 Å². The van der Waals surface area contributed by atoms with E-state index in [1.807, 2.05) is 6.07 Å².